The van der Waals surface area contributed by atoms with Crippen LogP contribution in [0.4, 0.5) is 4.39 Å². The van der Waals surface area contributed by atoms with E-state index in [1.54, 1.807) is 18.2 Å². The SMILES string of the molecule is O=c1ccn(-c2cccc(F)c2)nc1-c1nc(-c2ccccc2OCc2ccccc2)no1. The number of ether oxygens (including phenoxy) is 1. The molecule has 3 aromatic carbocycles. The van der Waals surface area contributed by atoms with Gasteiger partial charge in [-0.3, -0.25) is 4.79 Å². The Morgan fingerprint density at radius 2 is 1.76 bits per heavy atom. The number of rotatable bonds is 6. The zero-order chi connectivity index (χ0) is 22.6. The van der Waals surface area contributed by atoms with Gasteiger partial charge in [0.15, 0.2) is 5.69 Å². The summed E-state index contributed by atoms with van der Waals surface area (Å²) in [5.74, 6) is 0.378. The van der Waals surface area contributed by atoms with Gasteiger partial charge in [-0.1, -0.05) is 53.7 Å². The highest BCUT2D eigenvalue weighted by atomic mass is 19.1. The molecular weight excluding hydrogens is 423 g/mol. The van der Waals surface area contributed by atoms with Crippen LogP contribution in [0.15, 0.2) is 100 Å². The van der Waals surface area contributed by atoms with Gasteiger partial charge in [-0.15, -0.1) is 0 Å². The minimum Gasteiger partial charge on any atom is -0.488 e. The summed E-state index contributed by atoms with van der Waals surface area (Å²) < 4.78 is 26.3. The molecule has 5 aromatic rings. The molecule has 0 aliphatic rings. The fourth-order valence-electron chi connectivity index (χ4n) is 3.26. The molecule has 0 spiro atoms. The lowest BCUT2D eigenvalue weighted by atomic mass is 10.2. The first-order chi connectivity index (χ1) is 16.2. The Morgan fingerprint density at radius 1 is 0.939 bits per heavy atom. The Kier molecular flexibility index (Phi) is 5.47. The summed E-state index contributed by atoms with van der Waals surface area (Å²) in [6.07, 6.45) is 1.45. The normalized spacial score (nSPS) is 10.8. The molecule has 0 radical (unpaired) electrons. The predicted octanol–water partition coefficient (Wildman–Crippen LogP) is 4.67. The fourth-order valence-corrected chi connectivity index (χ4v) is 3.26. The zero-order valence-corrected chi connectivity index (χ0v) is 17.3. The molecule has 0 fully saturated rings. The van der Waals surface area contributed by atoms with E-state index < -0.39 is 11.2 Å². The maximum absolute atomic E-state index is 13.6. The first-order valence-corrected chi connectivity index (χ1v) is 10.1. The lowest BCUT2D eigenvalue weighted by Crippen LogP contribution is -2.12. The zero-order valence-electron chi connectivity index (χ0n) is 17.3. The van der Waals surface area contributed by atoms with E-state index in [0.29, 0.717) is 23.6 Å². The molecule has 8 heteroatoms. The van der Waals surface area contributed by atoms with Crippen molar-refractivity contribution < 1.29 is 13.7 Å². The van der Waals surface area contributed by atoms with Crippen LogP contribution in [0, 0.1) is 5.82 Å². The van der Waals surface area contributed by atoms with Crippen molar-refractivity contribution in [1.29, 1.82) is 0 Å². The third kappa shape index (κ3) is 4.40. The molecule has 2 aromatic heterocycles. The average molecular weight is 440 g/mol. The van der Waals surface area contributed by atoms with Crippen molar-refractivity contribution in [1.82, 2.24) is 19.9 Å². The highest BCUT2D eigenvalue weighted by Crippen LogP contribution is 2.29. The molecule has 7 nitrogen and oxygen atoms in total. The van der Waals surface area contributed by atoms with Crippen LogP contribution in [0.3, 0.4) is 0 Å². The first-order valence-electron chi connectivity index (χ1n) is 10.1. The van der Waals surface area contributed by atoms with Crippen molar-refractivity contribution in [2.75, 3.05) is 0 Å². The molecule has 0 atom stereocenters. The van der Waals surface area contributed by atoms with Gasteiger partial charge in [0.1, 0.15) is 18.2 Å². The van der Waals surface area contributed by atoms with Crippen molar-refractivity contribution >= 4 is 0 Å². The topological polar surface area (TPSA) is 83.0 Å². The predicted molar refractivity (Wildman–Crippen MR) is 119 cm³/mol. The van der Waals surface area contributed by atoms with Crippen LogP contribution in [0.5, 0.6) is 5.75 Å². The molecule has 0 amide bonds. The minimum absolute atomic E-state index is 0.0387. The number of aromatic nitrogens is 4. The summed E-state index contributed by atoms with van der Waals surface area (Å²) in [4.78, 5) is 16.8. The average Bonchev–Trinajstić information content (AvgIpc) is 3.34. The number of hydrogen-bond donors (Lipinski definition) is 0. The Morgan fingerprint density at radius 3 is 2.61 bits per heavy atom. The second-order valence-corrected chi connectivity index (χ2v) is 7.15. The standard InChI is InChI=1S/C25H17FN4O3/c26-18-9-6-10-19(15-18)30-14-13-21(31)23(28-30)25-27-24(29-33-25)20-11-4-5-12-22(20)32-16-17-7-2-1-3-8-17/h1-15H,16H2. The van der Waals surface area contributed by atoms with Crippen LogP contribution in [0.25, 0.3) is 28.7 Å². The Labute approximate surface area is 187 Å². The van der Waals surface area contributed by atoms with E-state index in [0.717, 1.165) is 5.56 Å². The molecule has 5 rings (SSSR count). The summed E-state index contributed by atoms with van der Waals surface area (Å²) in [7, 11) is 0. The summed E-state index contributed by atoms with van der Waals surface area (Å²) in [6.45, 7) is 0.376. The van der Waals surface area contributed by atoms with E-state index in [1.165, 1.54) is 29.1 Å². The van der Waals surface area contributed by atoms with Crippen LogP contribution in [0.1, 0.15) is 5.56 Å². The number of halogens is 1. The monoisotopic (exact) mass is 440 g/mol. The largest absolute Gasteiger partial charge is 0.488 e. The number of benzene rings is 3. The van der Waals surface area contributed by atoms with Crippen LogP contribution >= 0.6 is 0 Å². The van der Waals surface area contributed by atoms with Crippen molar-refractivity contribution in [3.05, 3.63) is 113 Å². The third-order valence-electron chi connectivity index (χ3n) is 4.87. The second kappa shape index (κ2) is 8.88. The summed E-state index contributed by atoms with van der Waals surface area (Å²) in [6, 6.07) is 24.2. The van der Waals surface area contributed by atoms with Gasteiger partial charge in [0.05, 0.1) is 11.3 Å². The van der Waals surface area contributed by atoms with Crippen LogP contribution < -0.4 is 10.2 Å². The van der Waals surface area contributed by atoms with Crippen molar-refractivity contribution in [2.45, 2.75) is 6.61 Å². The van der Waals surface area contributed by atoms with E-state index in [9.17, 15) is 9.18 Å². The van der Waals surface area contributed by atoms with Crippen molar-refractivity contribution in [3.8, 4) is 34.4 Å². The molecule has 2 heterocycles. The second-order valence-electron chi connectivity index (χ2n) is 7.15. The molecule has 162 valence electrons. The summed E-state index contributed by atoms with van der Waals surface area (Å²) >= 11 is 0. The summed E-state index contributed by atoms with van der Waals surface area (Å²) in [5.41, 5.74) is 1.66. The smallest absolute Gasteiger partial charge is 0.282 e. The molecule has 33 heavy (non-hydrogen) atoms. The molecule has 0 bridgehead atoms. The lowest BCUT2D eigenvalue weighted by molar-refractivity contribution is 0.307. The molecule has 0 saturated heterocycles. The van der Waals surface area contributed by atoms with Gasteiger partial charge in [0.25, 0.3) is 5.89 Å². The lowest BCUT2D eigenvalue weighted by Gasteiger charge is -2.09. The van der Waals surface area contributed by atoms with Crippen LogP contribution in [-0.2, 0) is 6.61 Å². The van der Waals surface area contributed by atoms with E-state index in [1.807, 2.05) is 48.5 Å². The van der Waals surface area contributed by atoms with Crippen LogP contribution in [0.2, 0.25) is 0 Å². The molecule has 0 aliphatic heterocycles. The Bertz CT molecular complexity index is 1460. The maximum Gasteiger partial charge on any atom is 0.282 e. The van der Waals surface area contributed by atoms with E-state index in [4.69, 9.17) is 9.26 Å². The maximum atomic E-state index is 13.6. The molecular formula is C25H17FN4O3. The molecule has 0 unspecified atom stereocenters. The highest BCUT2D eigenvalue weighted by molar-refractivity contribution is 5.65. The van der Waals surface area contributed by atoms with Gasteiger partial charge in [-0.05, 0) is 35.9 Å². The van der Waals surface area contributed by atoms with Gasteiger partial charge in [0.2, 0.25) is 11.3 Å². The van der Waals surface area contributed by atoms with Gasteiger partial charge in [0, 0.05) is 12.3 Å². The number of nitrogens with zero attached hydrogens (tertiary/aromatic N) is 4. The first kappa shape index (κ1) is 20.3. The minimum atomic E-state index is -0.415. The van der Waals surface area contributed by atoms with Gasteiger partial charge >= 0.3 is 0 Å². The number of para-hydroxylation sites is 1. The van der Waals surface area contributed by atoms with E-state index >= 15 is 0 Å². The molecule has 0 aliphatic carbocycles. The summed E-state index contributed by atoms with van der Waals surface area (Å²) in [5, 5.41) is 8.29. The van der Waals surface area contributed by atoms with Gasteiger partial charge < -0.3 is 9.26 Å². The van der Waals surface area contributed by atoms with Gasteiger partial charge in [-0.25, -0.2) is 9.07 Å². The molecule has 0 N–H and O–H groups in total. The third-order valence-corrected chi connectivity index (χ3v) is 4.87. The fraction of sp³-hybridized carbons (Fsp3) is 0.0400. The Balaban J connectivity index is 1.46. The number of hydrogen-bond acceptors (Lipinski definition) is 6. The van der Waals surface area contributed by atoms with Crippen molar-refractivity contribution in [3.63, 3.8) is 0 Å². The Hall–Kier alpha value is -4.59. The highest BCUT2D eigenvalue weighted by Gasteiger charge is 2.18. The van der Waals surface area contributed by atoms with E-state index in [-0.39, 0.29) is 17.4 Å². The van der Waals surface area contributed by atoms with Crippen molar-refractivity contribution in [2.24, 2.45) is 0 Å². The quantitative estimate of drug-likeness (QED) is 0.382. The van der Waals surface area contributed by atoms with Crippen LogP contribution in [-0.4, -0.2) is 19.9 Å². The molecule has 0 saturated carbocycles. The van der Waals surface area contributed by atoms with E-state index in [2.05, 4.69) is 15.2 Å². The van der Waals surface area contributed by atoms with Gasteiger partial charge in [-0.2, -0.15) is 10.1 Å².